The molecule has 2 aromatic heterocycles. The van der Waals surface area contributed by atoms with Gasteiger partial charge in [-0.3, -0.25) is 14.0 Å². The summed E-state index contributed by atoms with van der Waals surface area (Å²) in [5.41, 5.74) is 0.765. The Bertz CT molecular complexity index is 1200. The fourth-order valence-electron chi connectivity index (χ4n) is 2.74. The number of nitrogens with zero attached hydrogens (tertiary/aromatic N) is 2. The van der Waals surface area contributed by atoms with E-state index < -0.39 is 0 Å². The summed E-state index contributed by atoms with van der Waals surface area (Å²) in [6.45, 7) is 0. The Morgan fingerprint density at radius 3 is 2.50 bits per heavy atom. The molecule has 0 N–H and O–H groups in total. The van der Waals surface area contributed by atoms with Crippen molar-refractivity contribution in [2.45, 2.75) is 0 Å². The fraction of sp³-hybridized carbons (Fsp3) is 0. The molecule has 0 amide bonds. The number of hydrogen-bond donors (Lipinski definition) is 0. The molecule has 0 atom stereocenters. The third kappa shape index (κ3) is 2.05. The summed E-state index contributed by atoms with van der Waals surface area (Å²) in [5.74, 6) is -0.272. The minimum absolute atomic E-state index is 0.222. The van der Waals surface area contributed by atoms with Crippen LogP contribution in [0.3, 0.4) is 0 Å². The van der Waals surface area contributed by atoms with E-state index in [4.69, 9.17) is 0 Å². The average molecular weight is 330 g/mol. The Morgan fingerprint density at radius 2 is 1.75 bits per heavy atom. The highest BCUT2D eigenvalue weighted by molar-refractivity contribution is 7.23. The normalized spacial score (nSPS) is 10.8. The molecule has 0 bridgehead atoms. The SMILES string of the molecule is N#Cc1cc(C(=O)c2ccccc2)n2c(=O)c3ccccc3sc12. The average Bonchev–Trinajstić information content (AvgIpc) is 3.01. The molecule has 0 unspecified atom stereocenters. The van der Waals surface area contributed by atoms with E-state index in [0.29, 0.717) is 21.3 Å². The van der Waals surface area contributed by atoms with Crippen molar-refractivity contribution in [2.24, 2.45) is 0 Å². The minimum atomic E-state index is -0.278. The van der Waals surface area contributed by atoms with Gasteiger partial charge in [0.15, 0.2) is 0 Å². The highest BCUT2D eigenvalue weighted by Gasteiger charge is 2.20. The molecule has 24 heavy (non-hydrogen) atoms. The summed E-state index contributed by atoms with van der Waals surface area (Å²) in [5, 5.41) is 9.93. The number of hydrogen-bond acceptors (Lipinski definition) is 4. The van der Waals surface area contributed by atoms with Crippen LogP contribution in [0.15, 0.2) is 65.5 Å². The maximum absolute atomic E-state index is 12.9. The van der Waals surface area contributed by atoms with E-state index in [1.54, 1.807) is 36.4 Å². The van der Waals surface area contributed by atoms with Gasteiger partial charge in [-0.25, -0.2) is 0 Å². The maximum atomic E-state index is 12.9. The molecule has 0 radical (unpaired) electrons. The zero-order valence-electron chi connectivity index (χ0n) is 12.4. The fourth-order valence-corrected chi connectivity index (χ4v) is 3.84. The molecule has 0 aliphatic heterocycles. The van der Waals surface area contributed by atoms with Crippen LogP contribution in [0.5, 0.6) is 0 Å². The van der Waals surface area contributed by atoms with Crippen molar-refractivity contribution in [1.29, 1.82) is 5.26 Å². The van der Waals surface area contributed by atoms with Gasteiger partial charge >= 0.3 is 0 Å². The number of rotatable bonds is 2. The topological polar surface area (TPSA) is 62.3 Å². The molecule has 0 spiro atoms. The zero-order valence-corrected chi connectivity index (χ0v) is 13.2. The number of aromatic nitrogens is 1. The molecular weight excluding hydrogens is 320 g/mol. The second-order valence-corrected chi connectivity index (χ2v) is 6.32. The Labute approximate surface area is 140 Å². The molecule has 2 aromatic carbocycles. The second-order valence-electron chi connectivity index (χ2n) is 5.29. The van der Waals surface area contributed by atoms with Crippen LogP contribution in [0.1, 0.15) is 21.6 Å². The lowest BCUT2D eigenvalue weighted by molar-refractivity contribution is 0.103. The Balaban J connectivity index is 2.11. The highest BCUT2D eigenvalue weighted by atomic mass is 32.1. The quantitative estimate of drug-likeness (QED) is 0.527. The van der Waals surface area contributed by atoms with Crippen molar-refractivity contribution < 1.29 is 4.79 Å². The van der Waals surface area contributed by atoms with Gasteiger partial charge in [0.25, 0.3) is 5.56 Å². The van der Waals surface area contributed by atoms with Crippen molar-refractivity contribution in [1.82, 2.24) is 4.40 Å². The Kier molecular flexibility index (Phi) is 3.26. The molecule has 0 aliphatic rings. The molecule has 0 saturated carbocycles. The first-order valence-corrected chi connectivity index (χ1v) is 8.09. The van der Waals surface area contributed by atoms with E-state index in [1.807, 2.05) is 18.2 Å². The summed E-state index contributed by atoms with van der Waals surface area (Å²) >= 11 is 1.34. The van der Waals surface area contributed by atoms with Crippen LogP contribution in [0, 0.1) is 11.3 Å². The molecule has 4 aromatic rings. The molecule has 2 heterocycles. The standard InChI is InChI=1S/C19H10N2O2S/c20-11-13-10-15(17(22)12-6-2-1-3-7-12)21-18(23)14-8-4-5-9-16(14)24-19(13)21/h1-10H. The molecule has 0 aliphatic carbocycles. The van der Waals surface area contributed by atoms with E-state index in [-0.39, 0.29) is 17.0 Å². The monoisotopic (exact) mass is 330 g/mol. The van der Waals surface area contributed by atoms with Gasteiger partial charge in [-0.1, -0.05) is 42.5 Å². The molecule has 114 valence electrons. The first kappa shape index (κ1) is 14.4. The van der Waals surface area contributed by atoms with Crippen LogP contribution in [-0.2, 0) is 0 Å². The van der Waals surface area contributed by atoms with E-state index >= 15 is 0 Å². The molecule has 4 rings (SSSR count). The molecule has 5 heteroatoms. The van der Waals surface area contributed by atoms with E-state index in [1.165, 1.54) is 21.8 Å². The van der Waals surface area contributed by atoms with Crippen molar-refractivity contribution in [3.8, 4) is 6.07 Å². The van der Waals surface area contributed by atoms with Gasteiger partial charge in [0.2, 0.25) is 5.78 Å². The predicted octanol–water partition coefficient (Wildman–Crippen LogP) is 3.62. The van der Waals surface area contributed by atoms with Crippen LogP contribution < -0.4 is 5.56 Å². The van der Waals surface area contributed by atoms with Crippen LogP contribution in [0.25, 0.3) is 14.9 Å². The van der Waals surface area contributed by atoms with Gasteiger partial charge in [0.05, 0.1) is 16.6 Å². The summed E-state index contributed by atoms with van der Waals surface area (Å²) in [6.07, 6.45) is 0. The molecule has 4 nitrogen and oxygen atoms in total. The Hall–Kier alpha value is -3.23. The predicted molar refractivity (Wildman–Crippen MR) is 93.6 cm³/mol. The summed E-state index contributed by atoms with van der Waals surface area (Å²) in [7, 11) is 0. The molecule has 0 fully saturated rings. The molecule has 0 saturated heterocycles. The number of benzene rings is 2. The van der Waals surface area contributed by atoms with Gasteiger partial charge in [-0.2, -0.15) is 5.26 Å². The number of carbonyl (C=O) groups is 1. The lowest BCUT2D eigenvalue weighted by Gasteiger charge is -2.03. The zero-order chi connectivity index (χ0) is 16.7. The van der Waals surface area contributed by atoms with Crippen molar-refractivity contribution in [3.63, 3.8) is 0 Å². The van der Waals surface area contributed by atoms with Crippen LogP contribution in [0.4, 0.5) is 0 Å². The summed E-state index contributed by atoms with van der Waals surface area (Å²) < 4.78 is 2.16. The number of ketones is 1. The summed E-state index contributed by atoms with van der Waals surface area (Å²) in [6, 6.07) is 19.5. The van der Waals surface area contributed by atoms with E-state index in [9.17, 15) is 14.9 Å². The minimum Gasteiger partial charge on any atom is -0.287 e. The van der Waals surface area contributed by atoms with Crippen LogP contribution >= 0.6 is 11.3 Å². The highest BCUT2D eigenvalue weighted by Crippen LogP contribution is 2.26. The van der Waals surface area contributed by atoms with E-state index in [0.717, 1.165) is 4.70 Å². The number of fused-ring (bicyclic) bond motifs is 2. The van der Waals surface area contributed by atoms with Crippen molar-refractivity contribution in [3.05, 3.63) is 87.8 Å². The number of carbonyl (C=O) groups excluding carboxylic acids is 1. The third-order valence-electron chi connectivity index (χ3n) is 3.87. The molecular formula is C19H10N2O2S. The lowest BCUT2D eigenvalue weighted by atomic mass is 10.1. The largest absolute Gasteiger partial charge is 0.287 e. The van der Waals surface area contributed by atoms with Crippen LogP contribution in [0.2, 0.25) is 0 Å². The van der Waals surface area contributed by atoms with Crippen LogP contribution in [-0.4, -0.2) is 10.2 Å². The number of nitriles is 1. The van der Waals surface area contributed by atoms with Crippen molar-refractivity contribution >= 4 is 32.0 Å². The van der Waals surface area contributed by atoms with Gasteiger partial charge in [-0.15, -0.1) is 11.3 Å². The van der Waals surface area contributed by atoms with Gasteiger partial charge < -0.3 is 0 Å². The van der Waals surface area contributed by atoms with E-state index in [2.05, 4.69) is 6.07 Å². The van der Waals surface area contributed by atoms with Gasteiger partial charge in [-0.05, 0) is 18.2 Å². The van der Waals surface area contributed by atoms with Gasteiger partial charge in [0, 0.05) is 10.3 Å². The van der Waals surface area contributed by atoms with Crippen molar-refractivity contribution in [2.75, 3.05) is 0 Å². The first-order valence-electron chi connectivity index (χ1n) is 7.28. The summed E-state index contributed by atoms with van der Waals surface area (Å²) in [4.78, 5) is 26.2. The maximum Gasteiger partial charge on any atom is 0.265 e. The Morgan fingerprint density at radius 1 is 1.04 bits per heavy atom. The third-order valence-corrected chi connectivity index (χ3v) is 5.04. The second kappa shape index (κ2) is 5.44. The lowest BCUT2D eigenvalue weighted by Crippen LogP contribution is -2.17. The van der Waals surface area contributed by atoms with Gasteiger partial charge in [0.1, 0.15) is 10.9 Å². The first-order chi connectivity index (χ1) is 11.7. The smallest absolute Gasteiger partial charge is 0.265 e.